The Morgan fingerprint density at radius 1 is 1.56 bits per heavy atom. The van der Waals surface area contributed by atoms with Crippen molar-refractivity contribution in [3.05, 3.63) is 42.1 Å². The second-order valence-corrected chi connectivity index (χ2v) is 4.43. The van der Waals surface area contributed by atoms with Gasteiger partial charge in [0, 0.05) is 37.0 Å². The second-order valence-electron chi connectivity index (χ2n) is 4.43. The number of aromatic nitrogens is 2. The van der Waals surface area contributed by atoms with Crippen LogP contribution in [0, 0.1) is 0 Å². The average molecular weight is 248 g/mol. The lowest BCUT2D eigenvalue weighted by atomic mass is 10.1. The van der Waals surface area contributed by atoms with Gasteiger partial charge >= 0.3 is 0 Å². The van der Waals surface area contributed by atoms with E-state index in [4.69, 9.17) is 10.2 Å². The minimum Gasteiger partial charge on any atom is -0.472 e. The molecule has 0 amide bonds. The van der Waals surface area contributed by atoms with E-state index in [1.54, 1.807) is 12.5 Å². The number of nitrogens with zero attached hydrogens (tertiary/aromatic N) is 3. The molecule has 0 aliphatic rings. The van der Waals surface area contributed by atoms with Crippen LogP contribution in [-0.4, -0.2) is 28.3 Å². The highest BCUT2D eigenvalue weighted by atomic mass is 16.3. The number of furan rings is 1. The Morgan fingerprint density at radius 3 is 2.94 bits per heavy atom. The van der Waals surface area contributed by atoms with Gasteiger partial charge in [-0.05, 0) is 20.0 Å². The van der Waals surface area contributed by atoms with Gasteiger partial charge in [0.2, 0.25) is 0 Å². The summed E-state index contributed by atoms with van der Waals surface area (Å²) < 4.78 is 7.00. The molecule has 0 bridgehead atoms. The Labute approximate surface area is 107 Å². The van der Waals surface area contributed by atoms with E-state index in [-0.39, 0.29) is 6.04 Å². The summed E-state index contributed by atoms with van der Waals surface area (Å²) in [5.41, 5.74) is 8.19. The van der Waals surface area contributed by atoms with Gasteiger partial charge in [-0.25, -0.2) is 0 Å². The van der Waals surface area contributed by atoms with Gasteiger partial charge in [0.25, 0.3) is 0 Å². The lowest BCUT2D eigenvalue weighted by molar-refractivity contribution is 0.241. The Hall–Kier alpha value is -1.59. The van der Waals surface area contributed by atoms with Gasteiger partial charge in [-0.1, -0.05) is 0 Å². The standard InChI is InChI=1S/C13H20N4O/c1-3-17-9-12(7-15-17)13(6-14)16(2)8-11-4-5-18-10-11/h4-5,7,9-10,13H,3,6,8,14H2,1-2H3. The van der Waals surface area contributed by atoms with Crippen LogP contribution in [0.5, 0.6) is 0 Å². The topological polar surface area (TPSA) is 60.2 Å². The molecule has 18 heavy (non-hydrogen) atoms. The molecule has 2 rings (SSSR count). The molecule has 1 unspecified atom stereocenters. The van der Waals surface area contributed by atoms with Crippen LogP contribution >= 0.6 is 0 Å². The maximum atomic E-state index is 5.88. The van der Waals surface area contributed by atoms with Gasteiger partial charge < -0.3 is 10.2 Å². The molecule has 0 aliphatic heterocycles. The first-order valence-corrected chi connectivity index (χ1v) is 6.18. The summed E-state index contributed by atoms with van der Waals surface area (Å²) in [6.45, 7) is 4.34. The van der Waals surface area contributed by atoms with Gasteiger partial charge in [-0.3, -0.25) is 9.58 Å². The number of nitrogens with two attached hydrogens (primary N) is 1. The van der Waals surface area contributed by atoms with E-state index in [9.17, 15) is 0 Å². The summed E-state index contributed by atoms with van der Waals surface area (Å²) in [6, 6.07) is 2.15. The zero-order chi connectivity index (χ0) is 13.0. The van der Waals surface area contributed by atoms with Crippen molar-refractivity contribution in [2.75, 3.05) is 13.6 Å². The van der Waals surface area contributed by atoms with Crippen molar-refractivity contribution in [1.82, 2.24) is 14.7 Å². The van der Waals surface area contributed by atoms with E-state index < -0.39 is 0 Å². The van der Waals surface area contributed by atoms with E-state index in [0.717, 1.165) is 24.2 Å². The van der Waals surface area contributed by atoms with Crippen LogP contribution in [0.25, 0.3) is 0 Å². The van der Waals surface area contributed by atoms with Gasteiger partial charge in [0.15, 0.2) is 0 Å². The largest absolute Gasteiger partial charge is 0.472 e. The van der Waals surface area contributed by atoms with Crippen molar-refractivity contribution in [3.63, 3.8) is 0 Å². The summed E-state index contributed by atoms with van der Waals surface area (Å²) in [7, 11) is 2.06. The molecule has 98 valence electrons. The third kappa shape index (κ3) is 2.80. The van der Waals surface area contributed by atoms with Crippen LogP contribution in [0.1, 0.15) is 24.1 Å². The minimum atomic E-state index is 0.181. The third-order valence-electron chi connectivity index (χ3n) is 3.13. The molecule has 0 aromatic carbocycles. The van der Waals surface area contributed by atoms with Gasteiger partial charge in [0.05, 0.1) is 24.8 Å². The second kappa shape index (κ2) is 5.84. The van der Waals surface area contributed by atoms with Gasteiger partial charge in [-0.15, -0.1) is 0 Å². The summed E-state index contributed by atoms with van der Waals surface area (Å²) in [5.74, 6) is 0. The first kappa shape index (κ1) is 12.9. The smallest absolute Gasteiger partial charge is 0.0947 e. The Bertz CT molecular complexity index is 463. The maximum absolute atomic E-state index is 5.88. The zero-order valence-corrected chi connectivity index (χ0v) is 10.9. The van der Waals surface area contributed by atoms with Crippen molar-refractivity contribution in [2.24, 2.45) is 5.73 Å². The SMILES string of the molecule is CCn1cc(C(CN)N(C)Cc2ccoc2)cn1. The van der Waals surface area contributed by atoms with Crippen LogP contribution in [0.2, 0.25) is 0 Å². The molecule has 2 heterocycles. The lowest BCUT2D eigenvalue weighted by Gasteiger charge is -2.25. The first-order chi connectivity index (χ1) is 8.74. The highest BCUT2D eigenvalue weighted by Gasteiger charge is 2.17. The molecule has 5 heteroatoms. The molecule has 0 fully saturated rings. The highest BCUT2D eigenvalue weighted by molar-refractivity contribution is 5.13. The molecular formula is C13H20N4O. The lowest BCUT2D eigenvalue weighted by Crippen LogP contribution is -2.29. The summed E-state index contributed by atoms with van der Waals surface area (Å²) in [4.78, 5) is 2.21. The van der Waals surface area contributed by atoms with Crippen molar-refractivity contribution in [1.29, 1.82) is 0 Å². The molecule has 2 aromatic heterocycles. The molecule has 0 radical (unpaired) electrons. The monoisotopic (exact) mass is 248 g/mol. The van der Waals surface area contributed by atoms with Crippen molar-refractivity contribution < 1.29 is 4.42 Å². The third-order valence-corrected chi connectivity index (χ3v) is 3.13. The predicted octanol–water partition coefficient (Wildman–Crippen LogP) is 1.63. The first-order valence-electron chi connectivity index (χ1n) is 6.18. The number of rotatable bonds is 6. The molecule has 0 spiro atoms. The van der Waals surface area contributed by atoms with Crippen LogP contribution in [-0.2, 0) is 13.1 Å². The average Bonchev–Trinajstić information content (AvgIpc) is 3.01. The molecule has 5 nitrogen and oxygen atoms in total. The van der Waals surface area contributed by atoms with E-state index in [2.05, 4.69) is 30.2 Å². The van der Waals surface area contributed by atoms with Crippen LogP contribution < -0.4 is 5.73 Å². The van der Waals surface area contributed by atoms with E-state index in [1.807, 2.05) is 16.9 Å². The van der Waals surface area contributed by atoms with Crippen LogP contribution in [0.4, 0.5) is 0 Å². The summed E-state index contributed by atoms with van der Waals surface area (Å²) >= 11 is 0. The van der Waals surface area contributed by atoms with Gasteiger partial charge in [-0.2, -0.15) is 5.10 Å². The Balaban J connectivity index is 2.07. The Kier molecular flexibility index (Phi) is 4.17. The van der Waals surface area contributed by atoms with E-state index in [1.165, 1.54) is 0 Å². The van der Waals surface area contributed by atoms with E-state index >= 15 is 0 Å². The number of hydrogen-bond acceptors (Lipinski definition) is 4. The molecule has 2 aromatic rings. The number of likely N-dealkylation sites (N-methyl/N-ethyl adjacent to an activating group) is 1. The quantitative estimate of drug-likeness (QED) is 0.844. The molecule has 1 atom stereocenters. The van der Waals surface area contributed by atoms with Crippen molar-refractivity contribution in [3.8, 4) is 0 Å². The number of aryl methyl sites for hydroxylation is 1. The van der Waals surface area contributed by atoms with Gasteiger partial charge in [0.1, 0.15) is 0 Å². The number of hydrogen-bond donors (Lipinski definition) is 1. The minimum absolute atomic E-state index is 0.181. The maximum Gasteiger partial charge on any atom is 0.0947 e. The molecule has 0 aliphatic carbocycles. The van der Waals surface area contributed by atoms with Crippen molar-refractivity contribution in [2.45, 2.75) is 26.1 Å². The van der Waals surface area contributed by atoms with Crippen molar-refractivity contribution >= 4 is 0 Å². The van der Waals surface area contributed by atoms with Crippen LogP contribution in [0.3, 0.4) is 0 Å². The Morgan fingerprint density at radius 2 is 2.39 bits per heavy atom. The normalized spacial score (nSPS) is 13.1. The fourth-order valence-corrected chi connectivity index (χ4v) is 2.08. The fourth-order valence-electron chi connectivity index (χ4n) is 2.08. The van der Waals surface area contributed by atoms with E-state index in [0.29, 0.717) is 6.54 Å². The molecular weight excluding hydrogens is 228 g/mol. The molecule has 0 saturated carbocycles. The molecule has 2 N–H and O–H groups in total. The highest BCUT2D eigenvalue weighted by Crippen LogP contribution is 2.19. The van der Waals surface area contributed by atoms with Crippen LogP contribution in [0.15, 0.2) is 35.4 Å². The molecule has 0 saturated heterocycles. The summed E-state index contributed by atoms with van der Waals surface area (Å²) in [6.07, 6.45) is 7.41. The predicted molar refractivity (Wildman–Crippen MR) is 69.9 cm³/mol. The summed E-state index contributed by atoms with van der Waals surface area (Å²) in [5, 5.41) is 4.30. The fraction of sp³-hybridized carbons (Fsp3) is 0.462. The zero-order valence-electron chi connectivity index (χ0n) is 10.9.